The van der Waals surface area contributed by atoms with Gasteiger partial charge in [0.05, 0.1) is 29.9 Å². The van der Waals surface area contributed by atoms with Crippen molar-refractivity contribution < 1.29 is 28.8 Å². The number of nitriles is 1. The first-order valence-corrected chi connectivity index (χ1v) is 17.8. The summed E-state index contributed by atoms with van der Waals surface area (Å²) in [6, 6.07) is 6.09. The first-order valence-electron chi connectivity index (χ1n) is 17.8. The van der Waals surface area contributed by atoms with Gasteiger partial charge in [-0.15, -0.1) is 0 Å². The van der Waals surface area contributed by atoms with E-state index in [9.17, 15) is 29.2 Å². The Bertz CT molecular complexity index is 1520. The van der Waals surface area contributed by atoms with Gasteiger partial charge in [0.25, 0.3) is 5.91 Å². The zero-order valence-corrected chi connectivity index (χ0v) is 29.2. The van der Waals surface area contributed by atoms with E-state index in [1.807, 2.05) is 33.8 Å². The van der Waals surface area contributed by atoms with E-state index in [1.165, 1.54) is 11.3 Å². The number of benzene rings is 1. The number of carbonyl (C=O) groups is 5. The van der Waals surface area contributed by atoms with Crippen molar-refractivity contribution in [3.05, 3.63) is 35.4 Å². The van der Waals surface area contributed by atoms with Gasteiger partial charge in [-0.25, -0.2) is 0 Å². The van der Waals surface area contributed by atoms with Gasteiger partial charge in [0, 0.05) is 30.9 Å². The van der Waals surface area contributed by atoms with Gasteiger partial charge in [-0.3, -0.25) is 24.0 Å². The summed E-state index contributed by atoms with van der Waals surface area (Å²) in [6.45, 7) is 7.51. The molecule has 49 heavy (non-hydrogen) atoms. The van der Waals surface area contributed by atoms with E-state index in [-0.39, 0.29) is 43.7 Å². The highest BCUT2D eigenvalue weighted by Crippen LogP contribution is 2.40. The minimum absolute atomic E-state index is 0.0116. The lowest BCUT2D eigenvalue weighted by atomic mass is 9.84. The van der Waals surface area contributed by atoms with Crippen molar-refractivity contribution in [3.8, 4) is 6.07 Å². The number of nitrogens with zero attached hydrogens (tertiary/aromatic N) is 3. The fourth-order valence-electron chi connectivity index (χ4n) is 7.21. The molecule has 4 amide bonds. The van der Waals surface area contributed by atoms with Gasteiger partial charge < -0.3 is 25.7 Å². The van der Waals surface area contributed by atoms with Gasteiger partial charge in [0.15, 0.2) is 5.60 Å². The van der Waals surface area contributed by atoms with Crippen molar-refractivity contribution in [1.82, 2.24) is 20.9 Å². The molecule has 2 heterocycles. The summed E-state index contributed by atoms with van der Waals surface area (Å²) in [4.78, 5) is 75.4. The molecule has 2 aliphatic carbocycles. The summed E-state index contributed by atoms with van der Waals surface area (Å²) in [5, 5.41) is 22.3. The lowest BCUT2D eigenvalue weighted by Crippen LogP contribution is -2.59. The second-order valence-corrected chi connectivity index (χ2v) is 15.4. The number of nitrogens with one attached hydrogen (secondary N) is 3. The van der Waals surface area contributed by atoms with Gasteiger partial charge >= 0.3 is 0 Å². The monoisotopic (exact) mass is 674 g/mol. The number of hydrogen-bond acceptors (Lipinski definition) is 8. The molecule has 3 N–H and O–H groups in total. The predicted molar refractivity (Wildman–Crippen MR) is 182 cm³/mol. The lowest BCUT2D eigenvalue weighted by molar-refractivity contribution is -0.145. The molecule has 0 bridgehead atoms. The molecule has 12 nitrogen and oxygen atoms in total. The minimum Gasteiger partial charge on any atom is -0.387 e. The molecular formula is C37H50N6O6. The highest BCUT2D eigenvalue weighted by atomic mass is 16.7. The van der Waals surface area contributed by atoms with Crippen LogP contribution in [0.3, 0.4) is 0 Å². The molecule has 4 aliphatic rings. The van der Waals surface area contributed by atoms with E-state index in [0.29, 0.717) is 29.7 Å². The van der Waals surface area contributed by atoms with Gasteiger partial charge in [-0.1, -0.05) is 70.7 Å². The molecule has 3 fully saturated rings. The molecule has 2 saturated carbocycles. The van der Waals surface area contributed by atoms with Crippen LogP contribution in [-0.2, 0) is 28.8 Å². The van der Waals surface area contributed by atoms with Crippen LogP contribution in [0.2, 0.25) is 0 Å². The minimum atomic E-state index is -1.05. The highest BCUT2D eigenvalue weighted by molar-refractivity contribution is 6.38. The average Bonchev–Trinajstić information content (AvgIpc) is 3.67. The predicted octanol–water partition coefficient (Wildman–Crippen LogP) is 3.66. The largest absolute Gasteiger partial charge is 0.387 e. The maximum absolute atomic E-state index is 14.6. The molecule has 1 aromatic rings. The quantitative estimate of drug-likeness (QED) is 0.284. The van der Waals surface area contributed by atoms with Crippen molar-refractivity contribution in [2.75, 3.05) is 6.54 Å². The molecule has 0 radical (unpaired) electrons. The number of amides is 4. The maximum atomic E-state index is 14.6. The van der Waals surface area contributed by atoms with Gasteiger partial charge in [0.1, 0.15) is 12.1 Å². The summed E-state index contributed by atoms with van der Waals surface area (Å²) in [7, 11) is 0. The number of likely N-dealkylation sites (tertiary alicyclic amines) is 1. The van der Waals surface area contributed by atoms with Crippen LogP contribution in [0, 0.1) is 22.7 Å². The van der Waals surface area contributed by atoms with Crippen LogP contribution >= 0.6 is 0 Å². The second-order valence-electron chi connectivity index (χ2n) is 15.4. The molecule has 2 aliphatic heterocycles. The maximum Gasteiger partial charge on any atom is 0.289 e. The second kappa shape index (κ2) is 15.1. The molecule has 4 atom stereocenters. The Balaban J connectivity index is 1.39. The molecule has 5 rings (SSSR count). The highest BCUT2D eigenvalue weighted by Gasteiger charge is 2.55. The summed E-state index contributed by atoms with van der Waals surface area (Å²) in [5.74, 6) is -2.33. The molecule has 1 saturated heterocycles. The van der Waals surface area contributed by atoms with Crippen molar-refractivity contribution in [1.29, 1.82) is 5.26 Å². The molecule has 12 heteroatoms. The van der Waals surface area contributed by atoms with Crippen LogP contribution in [0.25, 0.3) is 0 Å². The van der Waals surface area contributed by atoms with Crippen molar-refractivity contribution in [2.24, 2.45) is 16.5 Å². The first-order chi connectivity index (χ1) is 23.3. The molecular weight excluding hydrogens is 624 g/mol. The Kier molecular flexibility index (Phi) is 11.1. The Morgan fingerprint density at radius 2 is 1.82 bits per heavy atom. The molecule has 0 aromatic heterocycles. The number of hydrogen-bond donors (Lipinski definition) is 3. The third-order valence-electron chi connectivity index (χ3n) is 10.1. The van der Waals surface area contributed by atoms with E-state index < -0.39 is 52.6 Å². The van der Waals surface area contributed by atoms with Crippen LogP contribution in [-0.4, -0.2) is 76.3 Å². The first kappa shape index (κ1) is 36.0. The number of oxime groups is 1. The number of Topliss-reactive ketones (excluding diaryl/α,β-unsaturated/α-hetero) is 1. The van der Waals surface area contributed by atoms with E-state index in [0.717, 1.165) is 38.5 Å². The summed E-state index contributed by atoms with van der Waals surface area (Å²) in [6.07, 6.45) is 8.52. The Hall–Kier alpha value is -4.27. The van der Waals surface area contributed by atoms with Crippen LogP contribution < -0.4 is 16.0 Å². The van der Waals surface area contributed by atoms with E-state index in [4.69, 9.17) is 4.84 Å². The Labute approximate surface area is 288 Å². The Morgan fingerprint density at radius 1 is 1.08 bits per heavy atom. The molecule has 0 unspecified atom stereocenters. The summed E-state index contributed by atoms with van der Waals surface area (Å²) in [5.41, 5.74) is 0.0378. The van der Waals surface area contributed by atoms with Crippen molar-refractivity contribution in [2.45, 2.75) is 135 Å². The molecule has 264 valence electrons. The van der Waals surface area contributed by atoms with E-state index in [2.05, 4.69) is 27.2 Å². The number of ketones is 1. The summed E-state index contributed by atoms with van der Waals surface area (Å²) >= 11 is 0. The van der Waals surface area contributed by atoms with Crippen molar-refractivity contribution in [3.63, 3.8) is 0 Å². The van der Waals surface area contributed by atoms with E-state index >= 15 is 0 Å². The zero-order valence-electron chi connectivity index (χ0n) is 29.2. The smallest absolute Gasteiger partial charge is 0.289 e. The van der Waals surface area contributed by atoms with Gasteiger partial charge in [0.2, 0.25) is 23.5 Å². The van der Waals surface area contributed by atoms with E-state index in [1.54, 1.807) is 18.2 Å². The average molecular weight is 675 g/mol. The molecule has 1 spiro atoms. The van der Waals surface area contributed by atoms with Crippen LogP contribution in [0.4, 0.5) is 0 Å². The Morgan fingerprint density at radius 3 is 2.47 bits per heavy atom. The fraction of sp³-hybridized carbons (Fsp3) is 0.649. The fourth-order valence-corrected chi connectivity index (χ4v) is 7.21. The third kappa shape index (κ3) is 8.86. The normalized spacial score (nSPS) is 23.5. The number of rotatable bonds is 12. The summed E-state index contributed by atoms with van der Waals surface area (Å²) < 4.78 is 0. The SMILES string of the molecule is CCC[C@H](NC(=O)[C@@H]1C[C@]2(CC(c3cccc(C#N)c3)=NO2)CN1C(=O)[C@@H](NC(=O)CC1CCCCC1)C(C)(C)C)C(=O)C(=O)NC1CC1. The topological polar surface area (TPSA) is 170 Å². The standard InChI is InChI=1S/C37H50N6O6/c1-5-10-27(31(45)34(47)39-26-15-16-26)40-33(46)29-20-37(19-28(42-49-37)25-14-9-13-24(17-25)21-38)22-43(29)35(48)32(36(2,3)4)41-30(44)18-23-11-7-6-8-12-23/h9,13-14,17,23,26-27,29,32H,5-8,10-12,15-16,18-20,22H2,1-4H3,(H,39,47)(H,40,46)(H,41,44)/t27-,29-,32+,37+/m0/s1. The van der Waals surface area contributed by atoms with Crippen molar-refractivity contribution >= 4 is 35.1 Å². The number of carbonyl (C=O) groups excluding carboxylic acids is 5. The lowest BCUT2D eigenvalue weighted by Gasteiger charge is -2.36. The zero-order chi connectivity index (χ0) is 35.3. The molecule has 1 aromatic carbocycles. The van der Waals surface area contributed by atoms with Crippen LogP contribution in [0.15, 0.2) is 29.4 Å². The van der Waals surface area contributed by atoms with Gasteiger partial charge in [-0.05, 0) is 55.6 Å². The van der Waals surface area contributed by atoms with Crippen LogP contribution in [0.1, 0.15) is 116 Å². The van der Waals surface area contributed by atoms with Gasteiger partial charge in [-0.2, -0.15) is 5.26 Å². The third-order valence-corrected chi connectivity index (χ3v) is 10.1. The van der Waals surface area contributed by atoms with Crippen LogP contribution in [0.5, 0.6) is 0 Å².